The second-order valence-electron chi connectivity index (χ2n) is 6.31. The van der Waals surface area contributed by atoms with Crippen molar-refractivity contribution in [2.75, 3.05) is 18.1 Å². The van der Waals surface area contributed by atoms with Gasteiger partial charge in [0.2, 0.25) is 10.0 Å². The van der Waals surface area contributed by atoms with Gasteiger partial charge in [-0.05, 0) is 42.7 Å². The number of anilines is 1. The zero-order chi connectivity index (χ0) is 17.5. The number of nitrogens with zero attached hydrogens (tertiary/aromatic N) is 1. The molecule has 2 fully saturated rings. The van der Waals surface area contributed by atoms with Gasteiger partial charge in [0.05, 0.1) is 17.0 Å². The normalized spacial score (nSPS) is 18.9. The maximum absolute atomic E-state index is 12.7. The van der Waals surface area contributed by atoms with Crippen molar-refractivity contribution in [3.05, 3.63) is 60.2 Å². The Balaban J connectivity index is 1.56. The maximum atomic E-state index is 12.7. The monoisotopic (exact) mass is 358 g/mol. The first kappa shape index (κ1) is 16.1. The SMILES string of the molecule is O=C1OCCN1c1ccc(S(=O)(=O)NC2(c3ccccc3)CC2)cc1. The molecule has 0 spiro atoms. The Kier molecular flexibility index (Phi) is 3.77. The second-order valence-corrected chi connectivity index (χ2v) is 8.00. The third-order valence-corrected chi connectivity index (χ3v) is 6.18. The third kappa shape index (κ3) is 3.01. The Morgan fingerprint density at radius 3 is 2.24 bits per heavy atom. The maximum Gasteiger partial charge on any atom is 0.414 e. The number of rotatable bonds is 5. The van der Waals surface area contributed by atoms with E-state index in [0.717, 1.165) is 18.4 Å². The van der Waals surface area contributed by atoms with Gasteiger partial charge in [-0.3, -0.25) is 4.90 Å². The highest BCUT2D eigenvalue weighted by Crippen LogP contribution is 2.46. The van der Waals surface area contributed by atoms with E-state index in [-0.39, 0.29) is 4.90 Å². The van der Waals surface area contributed by atoms with Crippen LogP contribution in [-0.4, -0.2) is 27.7 Å². The Bertz CT molecular complexity index is 890. The number of carbonyl (C=O) groups is 1. The van der Waals surface area contributed by atoms with Crippen LogP contribution in [0.15, 0.2) is 59.5 Å². The van der Waals surface area contributed by atoms with Crippen molar-refractivity contribution in [3.8, 4) is 0 Å². The summed E-state index contributed by atoms with van der Waals surface area (Å²) in [6.45, 7) is 0.820. The number of sulfonamides is 1. The summed E-state index contributed by atoms with van der Waals surface area (Å²) in [5.74, 6) is 0. The van der Waals surface area contributed by atoms with Crippen molar-refractivity contribution < 1.29 is 17.9 Å². The molecular weight excluding hydrogens is 340 g/mol. The fraction of sp³-hybridized carbons (Fsp3) is 0.278. The molecule has 1 aliphatic carbocycles. The molecule has 0 bridgehead atoms. The lowest BCUT2D eigenvalue weighted by Gasteiger charge is -2.18. The fourth-order valence-corrected chi connectivity index (χ4v) is 4.53. The summed E-state index contributed by atoms with van der Waals surface area (Å²) in [6.07, 6.45) is 1.16. The van der Waals surface area contributed by atoms with Gasteiger partial charge in [0.1, 0.15) is 6.61 Å². The molecule has 0 radical (unpaired) electrons. The number of hydrogen-bond donors (Lipinski definition) is 1. The first-order chi connectivity index (χ1) is 12.0. The van der Waals surface area contributed by atoms with E-state index in [1.54, 1.807) is 12.1 Å². The van der Waals surface area contributed by atoms with Crippen LogP contribution in [0.2, 0.25) is 0 Å². The summed E-state index contributed by atoms with van der Waals surface area (Å²) in [4.78, 5) is 13.3. The quantitative estimate of drug-likeness (QED) is 0.891. The molecule has 0 atom stereocenters. The molecule has 1 saturated carbocycles. The summed E-state index contributed by atoms with van der Waals surface area (Å²) in [6, 6.07) is 15.9. The smallest absolute Gasteiger partial charge is 0.414 e. The molecule has 0 unspecified atom stereocenters. The van der Waals surface area contributed by atoms with E-state index < -0.39 is 21.7 Å². The van der Waals surface area contributed by atoms with Crippen LogP contribution < -0.4 is 9.62 Å². The largest absolute Gasteiger partial charge is 0.447 e. The van der Waals surface area contributed by atoms with E-state index >= 15 is 0 Å². The standard InChI is InChI=1S/C18H18N2O4S/c21-17-20(12-13-24-17)15-6-8-16(9-7-15)25(22,23)19-18(10-11-18)14-4-2-1-3-5-14/h1-9,19H,10-13H2. The summed E-state index contributed by atoms with van der Waals surface area (Å²) in [5.41, 5.74) is 1.11. The molecule has 25 heavy (non-hydrogen) atoms. The van der Waals surface area contributed by atoms with Gasteiger partial charge < -0.3 is 4.74 Å². The van der Waals surface area contributed by atoms with Crippen molar-refractivity contribution in [1.29, 1.82) is 0 Å². The van der Waals surface area contributed by atoms with Crippen LogP contribution in [0.5, 0.6) is 0 Å². The van der Waals surface area contributed by atoms with Crippen molar-refractivity contribution in [1.82, 2.24) is 4.72 Å². The van der Waals surface area contributed by atoms with Crippen LogP contribution in [0, 0.1) is 0 Å². The molecule has 2 aliphatic rings. The van der Waals surface area contributed by atoms with Gasteiger partial charge in [-0.15, -0.1) is 0 Å². The lowest BCUT2D eigenvalue weighted by atomic mass is 10.1. The van der Waals surface area contributed by atoms with E-state index in [2.05, 4.69) is 4.72 Å². The minimum atomic E-state index is -3.64. The average molecular weight is 358 g/mol. The van der Waals surface area contributed by atoms with Crippen LogP contribution in [0.4, 0.5) is 10.5 Å². The Morgan fingerprint density at radius 2 is 1.68 bits per heavy atom. The van der Waals surface area contributed by atoms with E-state index in [4.69, 9.17) is 4.74 Å². The lowest BCUT2D eigenvalue weighted by molar-refractivity contribution is 0.181. The summed E-state index contributed by atoms with van der Waals surface area (Å²) >= 11 is 0. The van der Waals surface area contributed by atoms with Crippen molar-refractivity contribution in [2.24, 2.45) is 0 Å². The average Bonchev–Trinajstić information content (AvgIpc) is 3.27. The highest BCUT2D eigenvalue weighted by atomic mass is 32.2. The van der Waals surface area contributed by atoms with Gasteiger partial charge >= 0.3 is 6.09 Å². The fourth-order valence-electron chi connectivity index (χ4n) is 3.08. The van der Waals surface area contributed by atoms with Gasteiger partial charge in [0.15, 0.2) is 0 Å². The number of ether oxygens (including phenoxy) is 1. The van der Waals surface area contributed by atoms with Crippen LogP contribution in [0.3, 0.4) is 0 Å². The van der Waals surface area contributed by atoms with Crippen molar-refractivity contribution >= 4 is 21.8 Å². The molecule has 1 amide bonds. The molecular formula is C18H18N2O4S. The van der Waals surface area contributed by atoms with Gasteiger partial charge in [-0.1, -0.05) is 30.3 Å². The Labute approximate surface area is 146 Å². The molecule has 6 nitrogen and oxygen atoms in total. The Hall–Kier alpha value is -2.38. The predicted octanol–water partition coefficient (Wildman–Crippen LogP) is 2.61. The minimum Gasteiger partial charge on any atom is -0.447 e. The molecule has 130 valence electrons. The summed E-state index contributed by atoms with van der Waals surface area (Å²) in [7, 11) is -3.64. The lowest BCUT2D eigenvalue weighted by Crippen LogP contribution is -2.34. The van der Waals surface area contributed by atoms with Crippen LogP contribution in [-0.2, 0) is 20.3 Å². The molecule has 1 heterocycles. The second kappa shape index (κ2) is 5.86. The van der Waals surface area contributed by atoms with E-state index in [0.29, 0.717) is 18.8 Å². The van der Waals surface area contributed by atoms with Gasteiger partial charge in [-0.2, -0.15) is 0 Å². The van der Waals surface area contributed by atoms with E-state index in [1.165, 1.54) is 17.0 Å². The molecule has 1 N–H and O–H groups in total. The van der Waals surface area contributed by atoms with Gasteiger partial charge in [0, 0.05) is 5.69 Å². The molecule has 1 aliphatic heterocycles. The highest BCUT2D eigenvalue weighted by Gasteiger charge is 2.47. The first-order valence-corrected chi connectivity index (χ1v) is 9.62. The van der Waals surface area contributed by atoms with Crippen molar-refractivity contribution in [2.45, 2.75) is 23.3 Å². The first-order valence-electron chi connectivity index (χ1n) is 8.14. The molecule has 0 aromatic heterocycles. The van der Waals surface area contributed by atoms with Crippen LogP contribution in [0.1, 0.15) is 18.4 Å². The van der Waals surface area contributed by atoms with Crippen molar-refractivity contribution in [3.63, 3.8) is 0 Å². The molecule has 7 heteroatoms. The zero-order valence-corrected chi connectivity index (χ0v) is 14.3. The Morgan fingerprint density at radius 1 is 1.00 bits per heavy atom. The molecule has 1 saturated heterocycles. The van der Waals surface area contributed by atoms with Gasteiger partial charge in [-0.25, -0.2) is 17.9 Å². The van der Waals surface area contributed by atoms with Gasteiger partial charge in [0.25, 0.3) is 0 Å². The predicted molar refractivity (Wildman–Crippen MR) is 92.8 cm³/mol. The third-order valence-electron chi connectivity index (χ3n) is 4.63. The van der Waals surface area contributed by atoms with Crippen LogP contribution in [0.25, 0.3) is 0 Å². The zero-order valence-electron chi connectivity index (χ0n) is 13.5. The number of hydrogen-bond acceptors (Lipinski definition) is 4. The summed E-state index contributed by atoms with van der Waals surface area (Å²) in [5, 5.41) is 0. The minimum absolute atomic E-state index is 0.186. The topological polar surface area (TPSA) is 75.7 Å². The van der Waals surface area contributed by atoms with Crippen LogP contribution >= 0.6 is 0 Å². The number of carbonyl (C=O) groups excluding carboxylic acids is 1. The number of nitrogens with one attached hydrogen (secondary N) is 1. The number of cyclic esters (lactones) is 1. The van der Waals surface area contributed by atoms with E-state index in [1.807, 2.05) is 30.3 Å². The van der Waals surface area contributed by atoms with E-state index in [9.17, 15) is 13.2 Å². The summed E-state index contributed by atoms with van der Waals surface area (Å²) < 4.78 is 33.2. The number of benzene rings is 2. The molecule has 4 rings (SSSR count). The highest BCUT2D eigenvalue weighted by molar-refractivity contribution is 7.89. The number of amides is 1. The molecule has 2 aromatic carbocycles. The molecule has 2 aromatic rings.